The number of nitrogens with one attached hydrogen (secondary N) is 2. The van der Waals surface area contributed by atoms with Gasteiger partial charge < -0.3 is 5.32 Å². The molecule has 118 valence electrons. The zero-order valence-corrected chi connectivity index (χ0v) is 13.9. The first-order chi connectivity index (χ1) is 9.94. The number of rotatable bonds is 5. The van der Waals surface area contributed by atoms with Crippen LogP contribution < -0.4 is 10.0 Å². The molecule has 2 rings (SSSR count). The van der Waals surface area contributed by atoms with Crippen LogP contribution in [0.25, 0.3) is 0 Å². The average Bonchev–Trinajstić information content (AvgIpc) is 2.49. The van der Waals surface area contributed by atoms with Crippen LogP contribution in [0.15, 0.2) is 29.2 Å². The summed E-state index contributed by atoms with van der Waals surface area (Å²) in [5.74, 6) is 0.770. The van der Waals surface area contributed by atoms with E-state index in [1.54, 1.807) is 12.1 Å². The smallest absolute Gasteiger partial charge is 0.240 e. The summed E-state index contributed by atoms with van der Waals surface area (Å²) in [6.45, 7) is 8.09. The molecule has 4 nitrogen and oxygen atoms in total. The molecule has 0 aromatic heterocycles. The van der Waals surface area contributed by atoms with Crippen LogP contribution >= 0.6 is 0 Å². The Hall–Kier alpha value is -0.910. The molecule has 1 saturated heterocycles. The second-order valence-electron chi connectivity index (χ2n) is 6.08. The SMILES string of the molecule is CCC(C)c1ccc(S(=O)(=O)NC2CCNCC2C)cc1. The van der Waals surface area contributed by atoms with Crippen LogP contribution in [0.2, 0.25) is 0 Å². The standard InChI is InChI=1S/C16H26N2O2S/c1-4-12(2)14-5-7-15(8-6-14)21(19,20)18-16-9-10-17-11-13(16)3/h5-8,12-13,16-18H,4,9-11H2,1-3H3. The van der Waals surface area contributed by atoms with Gasteiger partial charge in [-0.25, -0.2) is 13.1 Å². The van der Waals surface area contributed by atoms with Crippen molar-refractivity contribution in [2.45, 2.75) is 50.5 Å². The Balaban J connectivity index is 2.12. The van der Waals surface area contributed by atoms with Crippen molar-refractivity contribution in [2.75, 3.05) is 13.1 Å². The lowest BCUT2D eigenvalue weighted by atomic mass is 9.97. The average molecular weight is 310 g/mol. The van der Waals surface area contributed by atoms with Gasteiger partial charge in [-0.15, -0.1) is 0 Å². The van der Waals surface area contributed by atoms with Crippen LogP contribution in [0.5, 0.6) is 0 Å². The van der Waals surface area contributed by atoms with Crippen molar-refractivity contribution in [3.05, 3.63) is 29.8 Å². The number of benzene rings is 1. The van der Waals surface area contributed by atoms with Crippen molar-refractivity contribution in [3.8, 4) is 0 Å². The maximum absolute atomic E-state index is 12.5. The van der Waals surface area contributed by atoms with Gasteiger partial charge in [0.1, 0.15) is 0 Å². The van der Waals surface area contributed by atoms with E-state index in [0.717, 1.165) is 25.9 Å². The molecule has 1 fully saturated rings. The molecule has 0 radical (unpaired) electrons. The minimum absolute atomic E-state index is 0.0190. The first-order valence-corrected chi connectivity index (χ1v) is 9.25. The molecular weight excluding hydrogens is 284 g/mol. The zero-order valence-electron chi connectivity index (χ0n) is 13.1. The summed E-state index contributed by atoms with van der Waals surface area (Å²) in [5.41, 5.74) is 1.19. The Morgan fingerprint density at radius 3 is 2.57 bits per heavy atom. The van der Waals surface area contributed by atoms with Gasteiger partial charge in [-0.2, -0.15) is 0 Å². The first-order valence-electron chi connectivity index (χ1n) is 7.77. The van der Waals surface area contributed by atoms with Crippen molar-refractivity contribution < 1.29 is 8.42 Å². The molecule has 1 aromatic rings. The third-order valence-electron chi connectivity index (χ3n) is 4.46. The maximum atomic E-state index is 12.5. The van der Waals surface area contributed by atoms with E-state index in [1.807, 2.05) is 12.1 Å². The highest BCUT2D eigenvalue weighted by Gasteiger charge is 2.26. The normalized spacial score (nSPS) is 24.7. The monoisotopic (exact) mass is 310 g/mol. The summed E-state index contributed by atoms with van der Waals surface area (Å²) < 4.78 is 27.8. The Labute approximate surface area is 128 Å². The fraction of sp³-hybridized carbons (Fsp3) is 0.625. The number of piperidine rings is 1. The summed E-state index contributed by atoms with van der Waals surface area (Å²) in [5, 5.41) is 3.28. The zero-order chi connectivity index (χ0) is 15.5. The Kier molecular flexibility index (Phi) is 5.41. The molecule has 0 spiro atoms. The Morgan fingerprint density at radius 2 is 2.00 bits per heavy atom. The van der Waals surface area contributed by atoms with Crippen LogP contribution in [-0.2, 0) is 10.0 Å². The molecule has 21 heavy (non-hydrogen) atoms. The fourth-order valence-electron chi connectivity index (χ4n) is 2.67. The number of hydrogen-bond donors (Lipinski definition) is 2. The predicted octanol–water partition coefficient (Wildman–Crippen LogP) is 2.48. The van der Waals surface area contributed by atoms with E-state index < -0.39 is 10.0 Å². The van der Waals surface area contributed by atoms with Crippen LogP contribution in [0.1, 0.15) is 45.1 Å². The highest BCUT2D eigenvalue weighted by molar-refractivity contribution is 7.89. The van der Waals surface area contributed by atoms with Gasteiger partial charge in [-0.1, -0.05) is 32.9 Å². The number of hydrogen-bond acceptors (Lipinski definition) is 3. The molecule has 1 heterocycles. The van der Waals surface area contributed by atoms with Gasteiger partial charge in [0, 0.05) is 6.04 Å². The second kappa shape index (κ2) is 6.90. The minimum atomic E-state index is -3.42. The van der Waals surface area contributed by atoms with Crippen molar-refractivity contribution in [2.24, 2.45) is 5.92 Å². The lowest BCUT2D eigenvalue weighted by molar-refractivity contribution is 0.328. The molecule has 5 heteroatoms. The van der Waals surface area contributed by atoms with Crippen molar-refractivity contribution >= 4 is 10.0 Å². The Morgan fingerprint density at radius 1 is 1.33 bits per heavy atom. The summed E-state index contributed by atoms with van der Waals surface area (Å²) in [6.07, 6.45) is 1.89. The van der Waals surface area contributed by atoms with E-state index in [1.165, 1.54) is 5.56 Å². The van der Waals surface area contributed by atoms with Crippen LogP contribution in [-0.4, -0.2) is 27.5 Å². The van der Waals surface area contributed by atoms with Gasteiger partial charge >= 0.3 is 0 Å². The molecule has 0 bridgehead atoms. The van der Waals surface area contributed by atoms with Crippen molar-refractivity contribution in [1.29, 1.82) is 0 Å². The van der Waals surface area contributed by atoms with Crippen LogP contribution in [0.4, 0.5) is 0 Å². The van der Waals surface area contributed by atoms with Gasteiger partial charge in [-0.3, -0.25) is 0 Å². The fourth-order valence-corrected chi connectivity index (χ4v) is 4.05. The predicted molar refractivity (Wildman–Crippen MR) is 85.9 cm³/mol. The first kappa shape index (κ1) is 16.5. The minimum Gasteiger partial charge on any atom is -0.316 e. The summed E-state index contributed by atoms with van der Waals surface area (Å²) in [4.78, 5) is 0.361. The third-order valence-corrected chi connectivity index (χ3v) is 5.97. The molecule has 1 aliphatic heterocycles. The van der Waals surface area contributed by atoms with Gasteiger partial charge in [0.2, 0.25) is 10.0 Å². The van der Waals surface area contributed by atoms with E-state index in [0.29, 0.717) is 16.7 Å². The summed E-state index contributed by atoms with van der Waals surface area (Å²) >= 11 is 0. The topological polar surface area (TPSA) is 58.2 Å². The van der Waals surface area contributed by atoms with Crippen molar-refractivity contribution in [1.82, 2.24) is 10.0 Å². The molecular formula is C16H26N2O2S. The lowest BCUT2D eigenvalue weighted by Gasteiger charge is -2.30. The third kappa shape index (κ3) is 4.05. The van der Waals surface area contributed by atoms with E-state index in [9.17, 15) is 8.42 Å². The van der Waals surface area contributed by atoms with Gasteiger partial charge in [-0.05, 0) is 55.5 Å². The second-order valence-corrected chi connectivity index (χ2v) is 7.79. The van der Waals surface area contributed by atoms with Gasteiger partial charge in [0.25, 0.3) is 0 Å². The highest BCUT2D eigenvalue weighted by Crippen LogP contribution is 2.21. The Bertz CT molecular complexity index is 554. The lowest BCUT2D eigenvalue weighted by Crippen LogP contribution is -2.48. The van der Waals surface area contributed by atoms with E-state index in [2.05, 4.69) is 30.8 Å². The van der Waals surface area contributed by atoms with Crippen LogP contribution in [0, 0.1) is 5.92 Å². The molecule has 1 aromatic carbocycles. The van der Waals surface area contributed by atoms with E-state index in [4.69, 9.17) is 0 Å². The van der Waals surface area contributed by atoms with Crippen molar-refractivity contribution in [3.63, 3.8) is 0 Å². The van der Waals surface area contributed by atoms with Crippen LogP contribution in [0.3, 0.4) is 0 Å². The molecule has 3 unspecified atom stereocenters. The van der Waals surface area contributed by atoms with E-state index in [-0.39, 0.29) is 6.04 Å². The summed E-state index contributed by atoms with van der Waals surface area (Å²) in [7, 11) is -3.42. The molecule has 0 aliphatic carbocycles. The maximum Gasteiger partial charge on any atom is 0.240 e. The highest BCUT2D eigenvalue weighted by atomic mass is 32.2. The number of sulfonamides is 1. The van der Waals surface area contributed by atoms with Gasteiger partial charge in [0.05, 0.1) is 4.90 Å². The quantitative estimate of drug-likeness (QED) is 0.878. The van der Waals surface area contributed by atoms with Gasteiger partial charge in [0.15, 0.2) is 0 Å². The van der Waals surface area contributed by atoms with E-state index >= 15 is 0 Å². The molecule has 0 saturated carbocycles. The molecule has 1 aliphatic rings. The molecule has 3 atom stereocenters. The summed E-state index contributed by atoms with van der Waals surface area (Å²) in [6, 6.07) is 7.30. The molecule has 2 N–H and O–H groups in total. The molecule has 0 amide bonds. The largest absolute Gasteiger partial charge is 0.316 e.